The van der Waals surface area contributed by atoms with Crippen LogP contribution in [0.15, 0.2) is 35.1 Å². The van der Waals surface area contributed by atoms with Gasteiger partial charge < -0.3 is 5.21 Å². The summed E-state index contributed by atoms with van der Waals surface area (Å²) in [5.74, 6) is 0. The predicted octanol–water partition coefficient (Wildman–Crippen LogP) is 2.54. The van der Waals surface area contributed by atoms with Gasteiger partial charge in [-0.2, -0.15) is 4.73 Å². The second-order valence-electron chi connectivity index (χ2n) is 3.00. The average Bonchev–Trinajstić information content (AvgIpc) is 2.12. The van der Waals surface area contributed by atoms with Crippen LogP contribution in [0.4, 0.5) is 0 Å². The Morgan fingerprint density at radius 2 is 2.00 bits per heavy atom. The number of fused-ring (bicyclic) bond motifs is 1. The molecule has 0 unspecified atom stereocenters. The van der Waals surface area contributed by atoms with Gasteiger partial charge in [0.15, 0.2) is 12.4 Å². The molecule has 0 aliphatic carbocycles. The van der Waals surface area contributed by atoms with Crippen molar-refractivity contribution in [2.24, 2.45) is 0 Å². The predicted molar refractivity (Wildman–Crippen MR) is 55.3 cm³/mol. The maximum absolute atomic E-state index is 11.0. The Bertz CT molecular complexity index is 468. The molecule has 1 heterocycles. The molecule has 0 atom stereocenters. The molecule has 0 aliphatic heterocycles. The Balaban J connectivity index is 2.92. The van der Waals surface area contributed by atoms with Gasteiger partial charge in [0, 0.05) is 15.9 Å². The molecule has 0 bridgehead atoms. The highest BCUT2D eigenvalue weighted by atomic mass is 79.9. The maximum Gasteiger partial charge on any atom is 0.188 e. The number of aromatic nitrogens is 1. The van der Waals surface area contributed by atoms with Gasteiger partial charge in [-0.15, -0.1) is 0 Å². The molecule has 0 aliphatic rings. The Labute approximate surface area is 84.5 Å². The third-order valence-electron chi connectivity index (χ3n) is 2.10. The average molecular weight is 238 g/mol. The van der Waals surface area contributed by atoms with Crippen LogP contribution in [-0.2, 0) is 0 Å². The van der Waals surface area contributed by atoms with Gasteiger partial charge in [-0.1, -0.05) is 22.0 Å². The molecular formula is C10H8BrNO. The van der Waals surface area contributed by atoms with Crippen LogP contribution in [-0.4, -0.2) is 0 Å². The summed E-state index contributed by atoms with van der Waals surface area (Å²) in [5.41, 5.74) is 1.11. The molecule has 1 aromatic heterocycles. The van der Waals surface area contributed by atoms with Crippen LogP contribution in [0.2, 0.25) is 0 Å². The number of nitrogens with zero attached hydrogens (tertiary/aromatic N) is 1. The quantitative estimate of drug-likeness (QED) is 0.511. The van der Waals surface area contributed by atoms with Crippen molar-refractivity contribution in [2.75, 3.05) is 0 Å². The maximum atomic E-state index is 11.0. The molecule has 1 aromatic carbocycles. The summed E-state index contributed by atoms with van der Waals surface area (Å²) in [6.07, 6.45) is 3.10. The van der Waals surface area contributed by atoms with E-state index in [0.29, 0.717) is 0 Å². The van der Waals surface area contributed by atoms with Gasteiger partial charge in [-0.25, -0.2) is 0 Å². The minimum Gasteiger partial charge on any atom is -0.619 e. The van der Waals surface area contributed by atoms with Gasteiger partial charge >= 0.3 is 0 Å². The minimum atomic E-state index is 0.821. The van der Waals surface area contributed by atoms with Crippen LogP contribution in [0, 0.1) is 12.1 Å². The smallest absolute Gasteiger partial charge is 0.188 e. The van der Waals surface area contributed by atoms with Crippen molar-refractivity contribution in [1.82, 2.24) is 0 Å². The molecule has 0 saturated carbocycles. The van der Waals surface area contributed by atoms with Gasteiger partial charge in [0.2, 0.25) is 0 Å². The van der Waals surface area contributed by atoms with E-state index in [9.17, 15) is 5.21 Å². The van der Waals surface area contributed by atoms with E-state index in [1.54, 1.807) is 6.20 Å². The zero-order chi connectivity index (χ0) is 9.42. The van der Waals surface area contributed by atoms with Gasteiger partial charge in [0.05, 0.1) is 5.39 Å². The second kappa shape index (κ2) is 3.00. The highest BCUT2D eigenvalue weighted by Gasteiger charge is 2.03. The number of hydrogen-bond donors (Lipinski definition) is 0. The van der Waals surface area contributed by atoms with Crippen LogP contribution in [0.25, 0.3) is 10.8 Å². The van der Waals surface area contributed by atoms with Gasteiger partial charge in [0.1, 0.15) is 0 Å². The Morgan fingerprint density at radius 1 is 1.23 bits per heavy atom. The van der Waals surface area contributed by atoms with E-state index >= 15 is 0 Å². The molecule has 0 amide bonds. The molecule has 0 saturated heterocycles. The van der Waals surface area contributed by atoms with Crippen molar-refractivity contribution in [3.05, 3.63) is 45.8 Å². The lowest BCUT2D eigenvalue weighted by atomic mass is 10.1. The van der Waals surface area contributed by atoms with E-state index in [0.717, 1.165) is 25.5 Å². The molecule has 0 N–H and O–H groups in total. The van der Waals surface area contributed by atoms with E-state index in [2.05, 4.69) is 15.9 Å². The van der Waals surface area contributed by atoms with E-state index in [1.165, 1.54) is 6.20 Å². The largest absolute Gasteiger partial charge is 0.619 e. The number of aryl methyl sites for hydroxylation is 1. The summed E-state index contributed by atoms with van der Waals surface area (Å²) in [7, 11) is 0. The van der Waals surface area contributed by atoms with Crippen LogP contribution in [0.3, 0.4) is 0 Å². The zero-order valence-corrected chi connectivity index (χ0v) is 8.71. The first-order valence-electron chi connectivity index (χ1n) is 3.96. The van der Waals surface area contributed by atoms with Crippen LogP contribution < -0.4 is 4.73 Å². The lowest BCUT2D eigenvalue weighted by Crippen LogP contribution is -2.23. The molecule has 0 radical (unpaired) electrons. The summed E-state index contributed by atoms with van der Waals surface area (Å²) in [6, 6.07) is 5.80. The summed E-state index contributed by atoms with van der Waals surface area (Å²) < 4.78 is 1.84. The third-order valence-corrected chi connectivity index (χ3v) is 2.79. The monoisotopic (exact) mass is 237 g/mol. The normalized spacial score (nSPS) is 10.6. The van der Waals surface area contributed by atoms with Crippen molar-refractivity contribution in [3.8, 4) is 0 Å². The van der Waals surface area contributed by atoms with E-state index < -0.39 is 0 Å². The SMILES string of the molecule is Cc1ccc(Br)c2cc[n+]([O-])cc12. The molecule has 13 heavy (non-hydrogen) atoms. The Kier molecular flexibility index (Phi) is 1.96. The highest BCUT2D eigenvalue weighted by molar-refractivity contribution is 9.10. The van der Waals surface area contributed by atoms with E-state index in [-0.39, 0.29) is 0 Å². The van der Waals surface area contributed by atoms with Crippen molar-refractivity contribution < 1.29 is 4.73 Å². The first kappa shape index (κ1) is 8.51. The minimum absolute atomic E-state index is 0.821. The highest BCUT2D eigenvalue weighted by Crippen LogP contribution is 2.24. The number of hydrogen-bond acceptors (Lipinski definition) is 1. The number of rotatable bonds is 0. The fraction of sp³-hybridized carbons (Fsp3) is 0.100. The van der Waals surface area contributed by atoms with Gasteiger partial charge in [-0.05, 0) is 18.6 Å². The lowest BCUT2D eigenvalue weighted by Gasteiger charge is -2.03. The van der Waals surface area contributed by atoms with Crippen molar-refractivity contribution in [2.45, 2.75) is 6.92 Å². The molecule has 2 nitrogen and oxygen atoms in total. The van der Waals surface area contributed by atoms with Crippen LogP contribution >= 0.6 is 15.9 Å². The fourth-order valence-corrected chi connectivity index (χ4v) is 1.86. The standard InChI is InChI=1S/C10H8BrNO/c1-7-2-3-10(11)8-4-5-12(13)6-9(7)8/h2-6H,1H3. The summed E-state index contributed by atoms with van der Waals surface area (Å²) in [4.78, 5) is 0. The zero-order valence-electron chi connectivity index (χ0n) is 7.12. The number of pyridine rings is 1. The molecule has 0 spiro atoms. The molecule has 66 valence electrons. The van der Waals surface area contributed by atoms with Crippen LogP contribution in [0.1, 0.15) is 5.56 Å². The summed E-state index contributed by atoms with van der Waals surface area (Å²) >= 11 is 3.44. The molecular weight excluding hydrogens is 230 g/mol. The molecule has 2 aromatic rings. The topological polar surface area (TPSA) is 26.9 Å². The van der Waals surface area contributed by atoms with Crippen molar-refractivity contribution in [1.29, 1.82) is 0 Å². The third kappa shape index (κ3) is 1.40. The summed E-state index contributed by atoms with van der Waals surface area (Å²) in [5, 5.41) is 13.1. The first-order chi connectivity index (χ1) is 6.18. The second-order valence-corrected chi connectivity index (χ2v) is 3.85. The van der Waals surface area contributed by atoms with E-state index in [4.69, 9.17) is 0 Å². The van der Waals surface area contributed by atoms with Gasteiger partial charge in [0.25, 0.3) is 0 Å². The molecule has 2 rings (SSSR count). The Morgan fingerprint density at radius 3 is 2.77 bits per heavy atom. The number of halogens is 1. The molecule has 3 heteroatoms. The lowest BCUT2D eigenvalue weighted by molar-refractivity contribution is -0.603. The summed E-state index contributed by atoms with van der Waals surface area (Å²) in [6.45, 7) is 1.99. The number of benzene rings is 1. The molecule has 0 fully saturated rings. The van der Waals surface area contributed by atoms with Crippen molar-refractivity contribution in [3.63, 3.8) is 0 Å². The van der Waals surface area contributed by atoms with Crippen molar-refractivity contribution >= 4 is 26.7 Å². The van der Waals surface area contributed by atoms with Crippen LogP contribution in [0.5, 0.6) is 0 Å². The van der Waals surface area contributed by atoms with E-state index in [1.807, 2.05) is 25.1 Å². The van der Waals surface area contributed by atoms with Gasteiger partial charge in [-0.3, -0.25) is 0 Å². The first-order valence-corrected chi connectivity index (χ1v) is 4.75. The fourth-order valence-electron chi connectivity index (χ4n) is 1.38. The Hall–Kier alpha value is -1.09.